The fraction of sp³-hybridized carbons (Fsp3) is 0.192. The van der Waals surface area contributed by atoms with Crippen LogP contribution in [0.25, 0.3) is 11.1 Å². The van der Waals surface area contributed by atoms with Gasteiger partial charge in [0.25, 0.3) is 0 Å². The monoisotopic (exact) mass is 448 g/mol. The number of carbonyl (C=O) groups excluding carboxylic acids is 2. The molecule has 170 valence electrons. The Hall–Kier alpha value is -4.00. The predicted molar refractivity (Wildman–Crippen MR) is 123 cm³/mol. The third-order valence-corrected chi connectivity index (χ3v) is 5.16. The van der Waals surface area contributed by atoms with Gasteiger partial charge in [0.05, 0.1) is 0 Å². The van der Waals surface area contributed by atoms with Crippen molar-refractivity contribution in [1.29, 1.82) is 0 Å². The smallest absolute Gasteiger partial charge is 0.326 e. The standard InChI is InChI=1S/C26H25FN2O4/c1-17(30)28-23(15-19-9-13-22(27)14-10-19)25(31)29-24(26(32)33)16-18-7-11-21(12-8-18)20-5-3-2-4-6-20/h2-14,23-24H,15-16H2,1H3,(H,28,30)(H,29,31)(H,32,33)/t23-,24+/m0/s1. The van der Waals surface area contributed by atoms with E-state index >= 15 is 0 Å². The van der Waals surface area contributed by atoms with E-state index in [4.69, 9.17) is 0 Å². The Morgan fingerprint density at radius 2 is 1.27 bits per heavy atom. The summed E-state index contributed by atoms with van der Waals surface area (Å²) in [6, 6.07) is 20.6. The van der Waals surface area contributed by atoms with Gasteiger partial charge in [-0.25, -0.2) is 9.18 Å². The molecule has 3 N–H and O–H groups in total. The Labute approximate surface area is 191 Å². The molecular weight excluding hydrogens is 423 g/mol. The van der Waals surface area contributed by atoms with Gasteiger partial charge in [-0.1, -0.05) is 66.7 Å². The van der Waals surface area contributed by atoms with Gasteiger partial charge in [0, 0.05) is 19.8 Å². The summed E-state index contributed by atoms with van der Waals surface area (Å²) in [5.41, 5.74) is 3.43. The van der Waals surface area contributed by atoms with Crippen molar-refractivity contribution in [2.24, 2.45) is 0 Å². The molecule has 3 aromatic rings. The third kappa shape index (κ3) is 7.00. The van der Waals surface area contributed by atoms with Crippen molar-refractivity contribution in [3.8, 4) is 11.1 Å². The Bertz CT molecular complexity index is 1100. The fourth-order valence-corrected chi connectivity index (χ4v) is 3.48. The van der Waals surface area contributed by atoms with Crippen LogP contribution in [0.3, 0.4) is 0 Å². The van der Waals surface area contributed by atoms with Gasteiger partial charge in [0.15, 0.2) is 0 Å². The molecule has 2 amide bonds. The van der Waals surface area contributed by atoms with Crippen LogP contribution in [-0.4, -0.2) is 35.0 Å². The Kier molecular flexibility index (Phi) is 7.91. The summed E-state index contributed by atoms with van der Waals surface area (Å²) < 4.78 is 13.2. The second-order valence-corrected chi connectivity index (χ2v) is 7.75. The second-order valence-electron chi connectivity index (χ2n) is 7.75. The number of carbonyl (C=O) groups is 3. The van der Waals surface area contributed by atoms with Gasteiger partial charge in [-0.05, 0) is 34.4 Å². The average molecular weight is 448 g/mol. The van der Waals surface area contributed by atoms with Crippen molar-refractivity contribution in [2.45, 2.75) is 31.8 Å². The van der Waals surface area contributed by atoms with Crippen LogP contribution in [-0.2, 0) is 27.2 Å². The Balaban J connectivity index is 1.70. The number of benzene rings is 3. The number of amides is 2. The normalized spacial score (nSPS) is 12.4. The maximum atomic E-state index is 13.2. The van der Waals surface area contributed by atoms with Crippen molar-refractivity contribution in [3.05, 3.63) is 95.8 Å². The largest absolute Gasteiger partial charge is 0.480 e. The molecule has 0 bridgehead atoms. The summed E-state index contributed by atoms with van der Waals surface area (Å²) in [7, 11) is 0. The summed E-state index contributed by atoms with van der Waals surface area (Å²) in [4.78, 5) is 36.3. The van der Waals surface area contributed by atoms with E-state index in [9.17, 15) is 23.9 Å². The molecule has 3 rings (SSSR count). The number of carboxylic acid groups (broad SMARTS) is 1. The number of carboxylic acids is 1. The molecule has 0 aliphatic carbocycles. The number of nitrogens with one attached hydrogen (secondary N) is 2. The van der Waals surface area contributed by atoms with Gasteiger partial charge in [-0.3, -0.25) is 9.59 Å². The van der Waals surface area contributed by atoms with Gasteiger partial charge in [-0.15, -0.1) is 0 Å². The van der Waals surface area contributed by atoms with Gasteiger partial charge in [0.1, 0.15) is 17.9 Å². The predicted octanol–water partition coefficient (Wildman–Crippen LogP) is 3.35. The molecule has 0 saturated heterocycles. The lowest BCUT2D eigenvalue weighted by molar-refractivity contribution is -0.142. The fourth-order valence-electron chi connectivity index (χ4n) is 3.48. The number of hydrogen-bond acceptors (Lipinski definition) is 3. The Morgan fingerprint density at radius 3 is 1.82 bits per heavy atom. The molecule has 0 radical (unpaired) electrons. The SMILES string of the molecule is CC(=O)N[C@@H](Cc1ccc(F)cc1)C(=O)N[C@H](Cc1ccc(-c2ccccc2)cc1)C(=O)O. The minimum absolute atomic E-state index is 0.0828. The molecule has 6 nitrogen and oxygen atoms in total. The molecule has 2 atom stereocenters. The van der Waals surface area contributed by atoms with E-state index in [1.165, 1.54) is 31.2 Å². The molecule has 7 heteroatoms. The van der Waals surface area contributed by atoms with Crippen LogP contribution in [0.4, 0.5) is 4.39 Å². The maximum Gasteiger partial charge on any atom is 0.326 e. The highest BCUT2D eigenvalue weighted by Gasteiger charge is 2.26. The molecular formula is C26H25FN2O4. The lowest BCUT2D eigenvalue weighted by atomic mass is 10.00. The topological polar surface area (TPSA) is 95.5 Å². The van der Waals surface area contributed by atoms with Crippen molar-refractivity contribution in [3.63, 3.8) is 0 Å². The number of aliphatic carboxylic acids is 1. The first-order chi connectivity index (χ1) is 15.8. The van der Waals surface area contributed by atoms with E-state index in [0.717, 1.165) is 16.7 Å². The second kappa shape index (κ2) is 11.0. The van der Waals surface area contributed by atoms with Crippen LogP contribution in [0, 0.1) is 5.82 Å². The molecule has 3 aromatic carbocycles. The molecule has 0 aliphatic rings. The quantitative estimate of drug-likeness (QED) is 0.468. The van der Waals surface area contributed by atoms with Gasteiger partial charge < -0.3 is 15.7 Å². The van der Waals surface area contributed by atoms with Crippen LogP contribution in [0.2, 0.25) is 0 Å². The molecule has 0 unspecified atom stereocenters. The van der Waals surface area contributed by atoms with Crippen LogP contribution >= 0.6 is 0 Å². The Morgan fingerprint density at radius 1 is 0.758 bits per heavy atom. The van der Waals surface area contributed by atoms with Crippen LogP contribution in [0.1, 0.15) is 18.1 Å². The van der Waals surface area contributed by atoms with E-state index in [1.54, 1.807) is 0 Å². The number of halogens is 1. The van der Waals surface area contributed by atoms with E-state index in [1.807, 2.05) is 54.6 Å². The van der Waals surface area contributed by atoms with Crippen LogP contribution in [0.15, 0.2) is 78.9 Å². The summed E-state index contributed by atoms with van der Waals surface area (Å²) in [6.45, 7) is 1.27. The number of hydrogen-bond donors (Lipinski definition) is 3. The molecule has 0 fully saturated rings. The van der Waals surface area contributed by atoms with Gasteiger partial charge >= 0.3 is 5.97 Å². The summed E-state index contributed by atoms with van der Waals surface area (Å²) >= 11 is 0. The lowest BCUT2D eigenvalue weighted by Gasteiger charge is -2.21. The van der Waals surface area contributed by atoms with E-state index in [0.29, 0.717) is 5.56 Å². The van der Waals surface area contributed by atoms with Crippen LogP contribution < -0.4 is 10.6 Å². The third-order valence-electron chi connectivity index (χ3n) is 5.16. The zero-order chi connectivity index (χ0) is 23.8. The zero-order valence-electron chi connectivity index (χ0n) is 18.1. The number of rotatable bonds is 9. The highest BCUT2D eigenvalue weighted by Crippen LogP contribution is 2.20. The van der Waals surface area contributed by atoms with Crippen molar-refractivity contribution < 1.29 is 23.9 Å². The molecule has 0 heterocycles. The highest BCUT2D eigenvalue weighted by molar-refractivity contribution is 5.90. The lowest BCUT2D eigenvalue weighted by Crippen LogP contribution is -2.52. The molecule has 33 heavy (non-hydrogen) atoms. The highest BCUT2D eigenvalue weighted by atomic mass is 19.1. The van der Waals surface area contributed by atoms with E-state index in [-0.39, 0.29) is 12.8 Å². The molecule has 0 saturated carbocycles. The van der Waals surface area contributed by atoms with Gasteiger partial charge in [-0.2, -0.15) is 0 Å². The maximum absolute atomic E-state index is 13.2. The van der Waals surface area contributed by atoms with Gasteiger partial charge in [0.2, 0.25) is 11.8 Å². The zero-order valence-corrected chi connectivity index (χ0v) is 18.1. The van der Waals surface area contributed by atoms with E-state index in [2.05, 4.69) is 10.6 Å². The first kappa shape index (κ1) is 23.7. The van der Waals surface area contributed by atoms with Crippen LogP contribution in [0.5, 0.6) is 0 Å². The minimum Gasteiger partial charge on any atom is -0.480 e. The molecule has 0 aromatic heterocycles. The minimum atomic E-state index is -1.18. The summed E-state index contributed by atoms with van der Waals surface area (Å²) in [6.07, 6.45) is 0.184. The van der Waals surface area contributed by atoms with E-state index < -0.39 is 35.7 Å². The first-order valence-electron chi connectivity index (χ1n) is 10.5. The first-order valence-corrected chi connectivity index (χ1v) is 10.5. The molecule has 0 spiro atoms. The van der Waals surface area contributed by atoms with Crippen molar-refractivity contribution in [2.75, 3.05) is 0 Å². The average Bonchev–Trinajstić information content (AvgIpc) is 2.80. The summed E-state index contributed by atoms with van der Waals surface area (Å²) in [5, 5.41) is 14.7. The summed E-state index contributed by atoms with van der Waals surface area (Å²) in [5.74, 6) is -2.65. The van der Waals surface area contributed by atoms with Crippen molar-refractivity contribution in [1.82, 2.24) is 10.6 Å². The van der Waals surface area contributed by atoms with Crippen molar-refractivity contribution >= 4 is 17.8 Å². The molecule has 0 aliphatic heterocycles.